The van der Waals surface area contributed by atoms with E-state index in [2.05, 4.69) is 5.32 Å². The standard InChI is InChI=1S/C12H15ClFNO/c13-11-2-1-10(7-12(11)14)16-8-9-3-5-15-6-4-9/h1-2,7,9,15H,3-6,8H2. The van der Waals surface area contributed by atoms with Gasteiger partial charge in [0.1, 0.15) is 11.6 Å². The first-order chi connectivity index (χ1) is 7.75. The molecule has 0 unspecified atom stereocenters. The van der Waals surface area contributed by atoms with Gasteiger partial charge in [0.05, 0.1) is 11.6 Å². The highest BCUT2D eigenvalue weighted by molar-refractivity contribution is 6.30. The molecule has 1 aliphatic heterocycles. The molecule has 1 fully saturated rings. The number of halogens is 2. The lowest BCUT2D eigenvalue weighted by Gasteiger charge is -2.22. The maximum Gasteiger partial charge on any atom is 0.145 e. The fraction of sp³-hybridized carbons (Fsp3) is 0.500. The summed E-state index contributed by atoms with van der Waals surface area (Å²) in [6.07, 6.45) is 2.24. The first kappa shape index (κ1) is 11.7. The summed E-state index contributed by atoms with van der Waals surface area (Å²) in [5, 5.41) is 3.43. The van der Waals surface area contributed by atoms with Gasteiger partial charge in [-0.3, -0.25) is 0 Å². The first-order valence-corrected chi connectivity index (χ1v) is 5.92. The largest absolute Gasteiger partial charge is 0.493 e. The second-order valence-corrected chi connectivity index (χ2v) is 4.49. The molecule has 1 aliphatic rings. The highest BCUT2D eigenvalue weighted by Gasteiger charge is 2.13. The smallest absolute Gasteiger partial charge is 0.145 e. The van der Waals surface area contributed by atoms with Crippen molar-refractivity contribution in [2.75, 3.05) is 19.7 Å². The third-order valence-corrected chi connectivity index (χ3v) is 3.14. The van der Waals surface area contributed by atoms with E-state index in [0.29, 0.717) is 18.3 Å². The van der Waals surface area contributed by atoms with Crippen LogP contribution in [0.2, 0.25) is 5.02 Å². The van der Waals surface area contributed by atoms with Crippen LogP contribution in [0, 0.1) is 11.7 Å². The maximum absolute atomic E-state index is 13.1. The van der Waals surface area contributed by atoms with E-state index in [1.807, 2.05) is 0 Å². The van der Waals surface area contributed by atoms with Crippen molar-refractivity contribution in [2.24, 2.45) is 5.92 Å². The average Bonchev–Trinajstić information content (AvgIpc) is 2.32. The number of rotatable bonds is 3. The van der Waals surface area contributed by atoms with Crippen LogP contribution < -0.4 is 10.1 Å². The van der Waals surface area contributed by atoms with Gasteiger partial charge in [0.2, 0.25) is 0 Å². The van der Waals surface area contributed by atoms with Gasteiger partial charge in [-0.2, -0.15) is 0 Å². The van der Waals surface area contributed by atoms with Gasteiger partial charge in [0.25, 0.3) is 0 Å². The molecule has 88 valence electrons. The van der Waals surface area contributed by atoms with E-state index < -0.39 is 5.82 Å². The highest BCUT2D eigenvalue weighted by atomic mass is 35.5. The fourth-order valence-corrected chi connectivity index (χ4v) is 1.95. The zero-order chi connectivity index (χ0) is 11.4. The molecule has 2 rings (SSSR count). The Bertz CT molecular complexity index is 353. The molecule has 0 atom stereocenters. The van der Waals surface area contributed by atoms with Gasteiger partial charge in [0.15, 0.2) is 0 Å². The van der Waals surface area contributed by atoms with Gasteiger partial charge in [-0.05, 0) is 44.0 Å². The minimum absolute atomic E-state index is 0.134. The van der Waals surface area contributed by atoms with E-state index in [1.165, 1.54) is 12.1 Å². The van der Waals surface area contributed by atoms with Crippen molar-refractivity contribution in [3.05, 3.63) is 29.0 Å². The molecular formula is C12H15ClFNO. The number of hydrogen-bond acceptors (Lipinski definition) is 2. The van der Waals surface area contributed by atoms with Crippen LogP contribution in [-0.2, 0) is 0 Å². The van der Waals surface area contributed by atoms with Crippen LogP contribution in [0.3, 0.4) is 0 Å². The van der Waals surface area contributed by atoms with Crippen molar-refractivity contribution in [3.63, 3.8) is 0 Å². The summed E-state index contributed by atoms with van der Waals surface area (Å²) in [5.74, 6) is 0.699. The van der Waals surface area contributed by atoms with Crippen LogP contribution in [0.15, 0.2) is 18.2 Å². The third kappa shape index (κ3) is 3.09. The normalized spacial score (nSPS) is 17.4. The SMILES string of the molecule is Fc1cc(OCC2CCNCC2)ccc1Cl. The first-order valence-electron chi connectivity index (χ1n) is 5.54. The molecule has 0 aromatic heterocycles. The lowest BCUT2D eigenvalue weighted by Crippen LogP contribution is -2.30. The molecule has 0 amide bonds. The molecule has 0 spiro atoms. The Labute approximate surface area is 99.7 Å². The molecule has 1 N–H and O–H groups in total. The van der Waals surface area contributed by atoms with Gasteiger partial charge in [-0.25, -0.2) is 4.39 Å². The Morgan fingerprint density at radius 1 is 1.38 bits per heavy atom. The fourth-order valence-electron chi connectivity index (χ4n) is 1.83. The van der Waals surface area contributed by atoms with Crippen molar-refractivity contribution >= 4 is 11.6 Å². The lowest BCUT2D eigenvalue weighted by molar-refractivity contribution is 0.214. The van der Waals surface area contributed by atoms with Crippen molar-refractivity contribution in [3.8, 4) is 5.75 Å². The summed E-state index contributed by atoms with van der Waals surface area (Å²) in [5.41, 5.74) is 0. The Kier molecular flexibility index (Phi) is 4.02. The summed E-state index contributed by atoms with van der Waals surface area (Å²) < 4.78 is 18.7. The van der Waals surface area contributed by atoms with Gasteiger partial charge in [0, 0.05) is 6.07 Å². The Hall–Kier alpha value is -0.800. The Morgan fingerprint density at radius 2 is 2.12 bits per heavy atom. The van der Waals surface area contributed by atoms with Gasteiger partial charge < -0.3 is 10.1 Å². The number of ether oxygens (including phenoxy) is 1. The summed E-state index contributed by atoms with van der Waals surface area (Å²) in [4.78, 5) is 0. The minimum Gasteiger partial charge on any atom is -0.493 e. The minimum atomic E-state index is -0.426. The zero-order valence-corrected chi connectivity index (χ0v) is 9.77. The van der Waals surface area contributed by atoms with E-state index in [-0.39, 0.29) is 5.02 Å². The van der Waals surface area contributed by atoms with Gasteiger partial charge >= 0.3 is 0 Å². The highest BCUT2D eigenvalue weighted by Crippen LogP contribution is 2.21. The monoisotopic (exact) mass is 243 g/mol. The molecular weight excluding hydrogens is 229 g/mol. The average molecular weight is 244 g/mol. The molecule has 16 heavy (non-hydrogen) atoms. The van der Waals surface area contributed by atoms with Crippen LogP contribution in [0.25, 0.3) is 0 Å². The second kappa shape index (κ2) is 5.51. The lowest BCUT2D eigenvalue weighted by atomic mass is 9.99. The van der Waals surface area contributed by atoms with Crippen molar-refractivity contribution in [1.29, 1.82) is 0 Å². The number of nitrogens with one attached hydrogen (secondary N) is 1. The maximum atomic E-state index is 13.1. The third-order valence-electron chi connectivity index (χ3n) is 2.84. The van der Waals surface area contributed by atoms with E-state index in [1.54, 1.807) is 6.07 Å². The molecule has 0 saturated carbocycles. The number of benzene rings is 1. The molecule has 1 aromatic carbocycles. The molecule has 1 aromatic rings. The van der Waals surface area contributed by atoms with E-state index in [4.69, 9.17) is 16.3 Å². The van der Waals surface area contributed by atoms with Crippen molar-refractivity contribution in [1.82, 2.24) is 5.32 Å². The number of hydrogen-bond donors (Lipinski definition) is 1. The molecule has 1 saturated heterocycles. The van der Waals surface area contributed by atoms with Crippen LogP contribution in [0.1, 0.15) is 12.8 Å². The molecule has 1 heterocycles. The van der Waals surface area contributed by atoms with Gasteiger partial charge in [-0.1, -0.05) is 11.6 Å². The predicted molar refractivity (Wildman–Crippen MR) is 62.5 cm³/mol. The predicted octanol–water partition coefficient (Wildman–Crippen LogP) is 2.86. The summed E-state index contributed by atoms with van der Waals surface area (Å²) in [6.45, 7) is 2.74. The van der Waals surface area contributed by atoms with E-state index >= 15 is 0 Å². The summed E-state index contributed by atoms with van der Waals surface area (Å²) in [7, 11) is 0. The van der Waals surface area contributed by atoms with Crippen molar-refractivity contribution < 1.29 is 9.13 Å². The second-order valence-electron chi connectivity index (χ2n) is 4.08. The molecule has 0 aliphatic carbocycles. The zero-order valence-electron chi connectivity index (χ0n) is 9.01. The van der Waals surface area contributed by atoms with Gasteiger partial charge in [-0.15, -0.1) is 0 Å². The topological polar surface area (TPSA) is 21.3 Å². The molecule has 4 heteroatoms. The van der Waals surface area contributed by atoms with Crippen LogP contribution in [-0.4, -0.2) is 19.7 Å². The summed E-state index contributed by atoms with van der Waals surface area (Å²) >= 11 is 5.59. The van der Waals surface area contributed by atoms with Crippen LogP contribution in [0.5, 0.6) is 5.75 Å². The Balaban J connectivity index is 1.86. The van der Waals surface area contributed by atoms with E-state index in [9.17, 15) is 4.39 Å². The summed E-state index contributed by atoms with van der Waals surface area (Å²) in [6, 6.07) is 4.56. The van der Waals surface area contributed by atoms with Crippen LogP contribution in [0.4, 0.5) is 4.39 Å². The molecule has 2 nitrogen and oxygen atoms in total. The quantitative estimate of drug-likeness (QED) is 0.882. The van der Waals surface area contributed by atoms with Crippen molar-refractivity contribution in [2.45, 2.75) is 12.8 Å². The van der Waals surface area contributed by atoms with Crippen LogP contribution >= 0.6 is 11.6 Å². The molecule has 0 bridgehead atoms. The molecule has 0 radical (unpaired) electrons. The van der Waals surface area contributed by atoms with E-state index in [0.717, 1.165) is 25.9 Å². The Morgan fingerprint density at radius 3 is 2.81 bits per heavy atom. The number of piperidine rings is 1.